The highest BCUT2D eigenvalue weighted by molar-refractivity contribution is 7.89. The fourth-order valence-electron chi connectivity index (χ4n) is 4.39. The van der Waals surface area contributed by atoms with Crippen molar-refractivity contribution in [1.29, 1.82) is 0 Å². The Balaban J connectivity index is 1.29. The SMILES string of the molecule is Cc1nc2cc(C(=O)NCc3ccc(S(=O)(=O)N4CCCC4)cc3)ccc2n1-c1ccccc1. The molecule has 4 aromatic rings. The molecule has 0 atom stereocenters. The molecule has 3 aromatic carbocycles. The fourth-order valence-corrected chi connectivity index (χ4v) is 5.90. The van der Waals surface area contributed by atoms with Gasteiger partial charge in [0.05, 0.1) is 15.9 Å². The molecule has 8 heteroatoms. The zero-order valence-electron chi connectivity index (χ0n) is 18.9. The van der Waals surface area contributed by atoms with Gasteiger partial charge in [0, 0.05) is 30.9 Å². The molecule has 2 heterocycles. The van der Waals surface area contributed by atoms with Gasteiger partial charge in [-0.3, -0.25) is 9.36 Å². The van der Waals surface area contributed by atoms with Crippen molar-refractivity contribution >= 4 is 27.0 Å². The van der Waals surface area contributed by atoms with Crippen molar-refractivity contribution in [2.45, 2.75) is 31.2 Å². The second-order valence-electron chi connectivity index (χ2n) is 8.47. The third kappa shape index (κ3) is 4.22. The number of amides is 1. The van der Waals surface area contributed by atoms with Gasteiger partial charge in [-0.25, -0.2) is 13.4 Å². The molecule has 5 rings (SSSR count). The molecule has 174 valence electrons. The van der Waals surface area contributed by atoms with Crippen molar-refractivity contribution in [1.82, 2.24) is 19.2 Å². The maximum atomic E-state index is 12.8. The number of nitrogens with one attached hydrogen (secondary N) is 1. The van der Waals surface area contributed by atoms with Crippen LogP contribution in [0.5, 0.6) is 0 Å². The van der Waals surface area contributed by atoms with E-state index in [1.54, 1.807) is 36.4 Å². The summed E-state index contributed by atoms with van der Waals surface area (Å²) >= 11 is 0. The first-order chi connectivity index (χ1) is 16.4. The number of sulfonamides is 1. The van der Waals surface area contributed by atoms with E-state index in [2.05, 4.69) is 14.9 Å². The molecule has 1 aliphatic rings. The number of carbonyl (C=O) groups is 1. The van der Waals surface area contributed by atoms with Crippen LogP contribution in [0.25, 0.3) is 16.7 Å². The number of benzene rings is 3. The summed E-state index contributed by atoms with van der Waals surface area (Å²) in [7, 11) is -3.44. The van der Waals surface area contributed by atoms with E-state index in [0.717, 1.165) is 41.0 Å². The first kappa shape index (κ1) is 22.3. The lowest BCUT2D eigenvalue weighted by molar-refractivity contribution is 0.0951. The van der Waals surface area contributed by atoms with Gasteiger partial charge in [0.1, 0.15) is 5.82 Å². The van der Waals surface area contributed by atoms with E-state index in [0.29, 0.717) is 30.1 Å². The number of aryl methyl sites for hydroxylation is 1. The second-order valence-corrected chi connectivity index (χ2v) is 10.4. The Morgan fingerprint density at radius 2 is 1.68 bits per heavy atom. The van der Waals surface area contributed by atoms with E-state index in [1.165, 1.54) is 4.31 Å². The van der Waals surface area contributed by atoms with Crippen LogP contribution < -0.4 is 5.32 Å². The summed E-state index contributed by atoms with van der Waals surface area (Å²) in [4.78, 5) is 17.7. The van der Waals surface area contributed by atoms with E-state index < -0.39 is 10.0 Å². The molecule has 0 unspecified atom stereocenters. The molecule has 1 aromatic heterocycles. The number of nitrogens with zero attached hydrogens (tertiary/aromatic N) is 3. The monoisotopic (exact) mass is 474 g/mol. The second kappa shape index (κ2) is 9.04. The standard InChI is InChI=1S/C26H26N4O3S/c1-19-28-24-17-21(11-14-25(24)30(19)22-7-3-2-4-8-22)26(31)27-18-20-9-12-23(13-10-20)34(32,33)29-15-5-6-16-29/h2-4,7-14,17H,5-6,15-16,18H2,1H3,(H,27,31). The number of rotatable bonds is 6. The molecule has 7 nitrogen and oxygen atoms in total. The van der Waals surface area contributed by atoms with Gasteiger partial charge in [0.2, 0.25) is 10.0 Å². The van der Waals surface area contributed by atoms with Gasteiger partial charge in [0.15, 0.2) is 0 Å². The van der Waals surface area contributed by atoms with Gasteiger partial charge in [-0.1, -0.05) is 30.3 Å². The van der Waals surface area contributed by atoms with Crippen molar-refractivity contribution in [3.63, 3.8) is 0 Å². The summed E-state index contributed by atoms with van der Waals surface area (Å²) in [5.41, 5.74) is 4.08. The maximum Gasteiger partial charge on any atom is 0.251 e. The third-order valence-corrected chi connectivity index (χ3v) is 8.09. The highest BCUT2D eigenvalue weighted by Crippen LogP contribution is 2.23. The number of carbonyl (C=O) groups excluding carboxylic acids is 1. The Kier molecular flexibility index (Phi) is 5.93. The average molecular weight is 475 g/mol. The molecule has 0 aliphatic carbocycles. The van der Waals surface area contributed by atoms with E-state index in [1.807, 2.05) is 43.3 Å². The highest BCUT2D eigenvalue weighted by Gasteiger charge is 2.26. The molecule has 0 bridgehead atoms. The largest absolute Gasteiger partial charge is 0.348 e. The van der Waals surface area contributed by atoms with E-state index in [4.69, 9.17) is 0 Å². The van der Waals surface area contributed by atoms with Crippen LogP contribution in [0.3, 0.4) is 0 Å². The van der Waals surface area contributed by atoms with Gasteiger partial charge >= 0.3 is 0 Å². The minimum Gasteiger partial charge on any atom is -0.348 e. The third-order valence-electron chi connectivity index (χ3n) is 6.18. The molecular weight excluding hydrogens is 448 g/mol. The summed E-state index contributed by atoms with van der Waals surface area (Å²) in [6.45, 7) is 3.40. The lowest BCUT2D eigenvalue weighted by Crippen LogP contribution is -2.28. The van der Waals surface area contributed by atoms with Crippen LogP contribution in [0, 0.1) is 6.92 Å². The lowest BCUT2D eigenvalue weighted by Gasteiger charge is -2.15. The number of hydrogen-bond donors (Lipinski definition) is 1. The molecule has 1 saturated heterocycles. The maximum absolute atomic E-state index is 12.8. The van der Waals surface area contributed by atoms with Crippen molar-refractivity contribution < 1.29 is 13.2 Å². The normalized spacial score (nSPS) is 14.5. The van der Waals surface area contributed by atoms with Crippen LogP contribution in [-0.4, -0.2) is 41.3 Å². The lowest BCUT2D eigenvalue weighted by atomic mass is 10.1. The van der Waals surface area contributed by atoms with Crippen LogP contribution in [0.4, 0.5) is 0 Å². The predicted octanol–water partition coefficient (Wildman–Crippen LogP) is 4.05. The minimum absolute atomic E-state index is 0.206. The van der Waals surface area contributed by atoms with Gasteiger partial charge in [-0.05, 0) is 67.8 Å². The smallest absolute Gasteiger partial charge is 0.251 e. The Morgan fingerprint density at radius 1 is 0.971 bits per heavy atom. The Bertz CT molecular complexity index is 1440. The molecule has 1 N–H and O–H groups in total. The zero-order chi connectivity index (χ0) is 23.7. The molecule has 0 radical (unpaired) electrons. The molecule has 1 aliphatic heterocycles. The van der Waals surface area contributed by atoms with E-state index >= 15 is 0 Å². The quantitative estimate of drug-likeness (QED) is 0.457. The van der Waals surface area contributed by atoms with Crippen LogP contribution in [0.2, 0.25) is 0 Å². The number of imidazole rings is 1. The Hall–Kier alpha value is -3.49. The topological polar surface area (TPSA) is 84.3 Å². The molecule has 0 saturated carbocycles. The van der Waals surface area contributed by atoms with E-state index in [-0.39, 0.29) is 5.91 Å². The summed E-state index contributed by atoms with van der Waals surface area (Å²) in [6, 6.07) is 22.2. The van der Waals surface area contributed by atoms with Crippen LogP contribution in [-0.2, 0) is 16.6 Å². The van der Waals surface area contributed by atoms with E-state index in [9.17, 15) is 13.2 Å². The summed E-state index contributed by atoms with van der Waals surface area (Å²) in [6.07, 6.45) is 1.81. The summed E-state index contributed by atoms with van der Waals surface area (Å²) in [5, 5.41) is 2.91. The van der Waals surface area contributed by atoms with Crippen LogP contribution >= 0.6 is 0 Å². The van der Waals surface area contributed by atoms with Crippen molar-refractivity contribution in [2.24, 2.45) is 0 Å². The average Bonchev–Trinajstić information content (AvgIpc) is 3.51. The molecular formula is C26H26N4O3S. The molecule has 1 fully saturated rings. The zero-order valence-corrected chi connectivity index (χ0v) is 19.8. The summed E-state index contributed by atoms with van der Waals surface area (Å²) < 4.78 is 28.9. The van der Waals surface area contributed by atoms with Crippen molar-refractivity contribution in [3.05, 3.63) is 89.7 Å². The molecule has 0 spiro atoms. The number of para-hydroxylation sites is 1. The molecule has 34 heavy (non-hydrogen) atoms. The van der Waals surface area contributed by atoms with Crippen LogP contribution in [0.15, 0.2) is 77.7 Å². The van der Waals surface area contributed by atoms with Crippen molar-refractivity contribution in [3.8, 4) is 5.69 Å². The molecule has 1 amide bonds. The van der Waals surface area contributed by atoms with Gasteiger partial charge in [-0.2, -0.15) is 4.31 Å². The van der Waals surface area contributed by atoms with Gasteiger partial charge in [-0.15, -0.1) is 0 Å². The van der Waals surface area contributed by atoms with Gasteiger partial charge in [0.25, 0.3) is 5.91 Å². The Labute approximate surface area is 199 Å². The first-order valence-electron chi connectivity index (χ1n) is 11.4. The van der Waals surface area contributed by atoms with Gasteiger partial charge < -0.3 is 5.32 Å². The summed E-state index contributed by atoms with van der Waals surface area (Å²) in [5.74, 6) is 0.644. The number of fused-ring (bicyclic) bond motifs is 1. The minimum atomic E-state index is -3.44. The Morgan fingerprint density at radius 3 is 2.38 bits per heavy atom. The number of hydrogen-bond acceptors (Lipinski definition) is 4. The highest BCUT2D eigenvalue weighted by atomic mass is 32.2. The fraction of sp³-hybridized carbons (Fsp3) is 0.231. The number of aromatic nitrogens is 2. The van der Waals surface area contributed by atoms with Crippen LogP contribution in [0.1, 0.15) is 34.6 Å². The predicted molar refractivity (Wildman–Crippen MR) is 131 cm³/mol. The first-order valence-corrected chi connectivity index (χ1v) is 12.8. The van der Waals surface area contributed by atoms with Crippen molar-refractivity contribution in [2.75, 3.05) is 13.1 Å².